The van der Waals surface area contributed by atoms with Gasteiger partial charge in [0.1, 0.15) is 17.3 Å². The Balaban J connectivity index is 1.52. The molecule has 2 aromatic heterocycles. The van der Waals surface area contributed by atoms with Gasteiger partial charge in [0, 0.05) is 37.4 Å². The van der Waals surface area contributed by atoms with Gasteiger partial charge in [-0.25, -0.2) is 9.18 Å². The van der Waals surface area contributed by atoms with Gasteiger partial charge >= 0.3 is 11.9 Å². The lowest BCUT2D eigenvalue weighted by Crippen LogP contribution is -2.51. The first-order valence-electron chi connectivity index (χ1n) is 16.4. The van der Waals surface area contributed by atoms with E-state index in [9.17, 15) is 27.2 Å². The Labute approximate surface area is 284 Å². The third-order valence-corrected chi connectivity index (χ3v) is 14.2. The highest BCUT2D eigenvalue weighted by molar-refractivity contribution is 6.74. The van der Waals surface area contributed by atoms with Gasteiger partial charge in [0.25, 0.3) is 5.56 Å². The van der Waals surface area contributed by atoms with Crippen molar-refractivity contribution in [1.82, 2.24) is 14.0 Å². The van der Waals surface area contributed by atoms with Crippen LogP contribution < -0.4 is 16.1 Å². The Morgan fingerprint density at radius 3 is 2.08 bits per heavy atom. The molecule has 49 heavy (non-hydrogen) atoms. The van der Waals surface area contributed by atoms with E-state index in [4.69, 9.17) is 8.84 Å². The fraction of sp³-hybridized carbons (Fsp3) is 0.444. The molecule has 0 aliphatic carbocycles. The molecule has 0 unspecified atom stereocenters. The second kappa shape index (κ2) is 14.1. The fourth-order valence-electron chi connectivity index (χ4n) is 5.84. The number of rotatable bonds is 10. The maximum absolute atomic E-state index is 14.9. The summed E-state index contributed by atoms with van der Waals surface area (Å²) in [4.78, 5) is 32.6. The third kappa shape index (κ3) is 8.10. The molecule has 1 aliphatic rings. The first-order chi connectivity index (χ1) is 23.0. The highest BCUT2D eigenvalue weighted by Gasteiger charge is 2.40. The molecule has 5 rings (SSSR count). The molecule has 0 spiro atoms. The van der Waals surface area contributed by atoms with Crippen LogP contribution in [0, 0.1) is 12.7 Å². The number of piperazine rings is 1. The smallest absolute Gasteiger partial charge is 0.449 e. The maximum Gasteiger partial charge on any atom is 0.449 e. The SMILES string of the molecule is Cc1c(N2CCN(Cc3ccc(C(F)(F)F)o3)CC2)c(=O)n(C[C@H](O[Si](C)(C)C(C)(C)C)c2ccccc2)c(=O)n1Cc1ccccc1F. The molecule has 1 fully saturated rings. The molecular weight excluding hydrogens is 656 g/mol. The minimum Gasteiger partial charge on any atom is -0.455 e. The first kappa shape index (κ1) is 36.3. The van der Waals surface area contributed by atoms with Crippen molar-refractivity contribution >= 4 is 14.0 Å². The van der Waals surface area contributed by atoms with Crippen LogP contribution in [0.4, 0.5) is 23.2 Å². The molecule has 3 heterocycles. The number of halogens is 4. The van der Waals surface area contributed by atoms with Crippen LogP contribution in [0.1, 0.15) is 55.2 Å². The van der Waals surface area contributed by atoms with Crippen molar-refractivity contribution in [3.63, 3.8) is 0 Å². The van der Waals surface area contributed by atoms with Gasteiger partial charge in [0.2, 0.25) is 5.76 Å². The van der Waals surface area contributed by atoms with E-state index in [0.29, 0.717) is 43.1 Å². The Kier molecular flexibility index (Phi) is 10.5. The highest BCUT2D eigenvalue weighted by atomic mass is 28.4. The lowest BCUT2D eigenvalue weighted by molar-refractivity contribution is -0.153. The Bertz CT molecular complexity index is 1870. The van der Waals surface area contributed by atoms with Crippen molar-refractivity contribution < 1.29 is 26.4 Å². The summed E-state index contributed by atoms with van der Waals surface area (Å²) in [6.45, 7) is 14.0. The minimum absolute atomic E-state index is 0.0429. The van der Waals surface area contributed by atoms with Crippen molar-refractivity contribution in [1.29, 1.82) is 0 Å². The van der Waals surface area contributed by atoms with Crippen molar-refractivity contribution in [2.24, 2.45) is 0 Å². The maximum atomic E-state index is 14.9. The van der Waals surface area contributed by atoms with E-state index < -0.39 is 43.4 Å². The summed E-state index contributed by atoms with van der Waals surface area (Å²) in [7, 11) is -2.39. The van der Waals surface area contributed by atoms with Crippen LogP contribution in [0.25, 0.3) is 0 Å². The summed E-state index contributed by atoms with van der Waals surface area (Å²) < 4.78 is 68.6. The summed E-state index contributed by atoms with van der Waals surface area (Å²) in [6.07, 6.45) is -5.16. The molecule has 1 saturated heterocycles. The summed E-state index contributed by atoms with van der Waals surface area (Å²) >= 11 is 0. The van der Waals surface area contributed by atoms with Crippen LogP contribution in [0.15, 0.2) is 80.7 Å². The van der Waals surface area contributed by atoms with Crippen molar-refractivity contribution in [3.05, 3.63) is 122 Å². The number of hydrogen-bond acceptors (Lipinski definition) is 6. The van der Waals surface area contributed by atoms with E-state index in [-0.39, 0.29) is 30.4 Å². The van der Waals surface area contributed by atoms with E-state index in [0.717, 1.165) is 11.6 Å². The average Bonchev–Trinajstić information content (AvgIpc) is 3.52. The predicted molar refractivity (Wildman–Crippen MR) is 184 cm³/mol. The normalized spacial score (nSPS) is 15.5. The molecule has 2 aromatic carbocycles. The average molecular weight is 701 g/mol. The Hall–Kier alpha value is -3.94. The monoisotopic (exact) mass is 700 g/mol. The van der Waals surface area contributed by atoms with Crippen molar-refractivity contribution in [2.75, 3.05) is 31.1 Å². The van der Waals surface area contributed by atoms with Crippen LogP contribution in [-0.4, -0.2) is 48.5 Å². The molecule has 8 nitrogen and oxygen atoms in total. The lowest BCUT2D eigenvalue weighted by atomic mass is 10.1. The predicted octanol–water partition coefficient (Wildman–Crippen LogP) is 7.20. The van der Waals surface area contributed by atoms with Gasteiger partial charge < -0.3 is 13.7 Å². The fourth-order valence-corrected chi connectivity index (χ4v) is 7.11. The number of furan rings is 1. The Morgan fingerprint density at radius 2 is 1.49 bits per heavy atom. The number of aromatic nitrogens is 2. The molecule has 4 aromatic rings. The van der Waals surface area contributed by atoms with Crippen LogP contribution in [-0.2, 0) is 30.2 Å². The van der Waals surface area contributed by atoms with Crippen molar-refractivity contribution in [3.8, 4) is 0 Å². The number of anilines is 1. The van der Waals surface area contributed by atoms with Gasteiger partial charge in [-0.1, -0.05) is 69.3 Å². The van der Waals surface area contributed by atoms with Crippen LogP contribution in [0.2, 0.25) is 18.1 Å². The molecule has 0 radical (unpaired) electrons. The molecule has 264 valence electrons. The number of benzene rings is 2. The summed E-state index contributed by atoms with van der Waals surface area (Å²) in [5.74, 6) is -1.30. The number of hydrogen-bond donors (Lipinski definition) is 0. The minimum atomic E-state index is -4.56. The molecule has 0 saturated carbocycles. The van der Waals surface area contributed by atoms with Gasteiger partial charge in [-0.05, 0) is 48.8 Å². The zero-order valence-corrected chi connectivity index (χ0v) is 29.8. The zero-order valence-electron chi connectivity index (χ0n) is 28.8. The molecule has 1 aliphatic heterocycles. The quantitative estimate of drug-likeness (QED) is 0.129. The van der Waals surface area contributed by atoms with Gasteiger partial charge in [-0.15, -0.1) is 0 Å². The molecular formula is C36H44F4N4O4Si. The van der Waals surface area contributed by atoms with Crippen LogP contribution >= 0.6 is 0 Å². The molecule has 1 atom stereocenters. The topological polar surface area (TPSA) is 72.8 Å². The highest BCUT2D eigenvalue weighted by Crippen LogP contribution is 2.40. The second-order valence-corrected chi connectivity index (χ2v) is 18.9. The molecule has 13 heteroatoms. The van der Waals surface area contributed by atoms with E-state index >= 15 is 0 Å². The summed E-state index contributed by atoms with van der Waals surface area (Å²) in [6, 6.07) is 18.0. The Morgan fingerprint density at radius 1 is 0.857 bits per heavy atom. The summed E-state index contributed by atoms with van der Waals surface area (Å²) in [5.41, 5.74) is 0.842. The number of alkyl halides is 3. The third-order valence-electron chi connectivity index (χ3n) is 9.72. The molecule has 0 bridgehead atoms. The van der Waals surface area contributed by atoms with E-state index in [1.54, 1.807) is 25.1 Å². The molecule has 0 N–H and O–H groups in total. The zero-order chi connectivity index (χ0) is 35.7. The van der Waals surface area contributed by atoms with E-state index in [1.807, 2.05) is 40.1 Å². The molecule has 0 amide bonds. The summed E-state index contributed by atoms with van der Waals surface area (Å²) in [5, 5.41) is -0.141. The number of nitrogens with zero attached hydrogens (tertiary/aromatic N) is 4. The van der Waals surface area contributed by atoms with Gasteiger partial charge in [-0.2, -0.15) is 13.2 Å². The van der Waals surface area contributed by atoms with Crippen LogP contribution in [0.5, 0.6) is 0 Å². The van der Waals surface area contributed by atoms with Gasteiger partial charge in [0.15, 0.2) is 8.32 Å². The van der Waals surface area contributed by atoms with Gasteiger partial charge in [0.05, 0.1) is 25.7 Å². The van der Waals surface area contributed by atoms with Crippen LogP contribution in [0.3, 0.4) is 0 Å². The lowest BCUT2D eigenvalue weighted by Gasteiger charge is -2.40. The standard InChI is InChI=1S/C36H44F4N4O4Si/c1-25-32(42-20-18-41(19-21-42)23-28-16-17-31(47-28)36(38,39)40)33(45)44(34(46)43(25)22-27-14-10-11-15-29(27)37)24-30(26-12-8-7-9-13-26)48-49(5,6)35(2,3)4/h7-17,30H,18-24H2,1-6H3/t30-/m0/s1. The first-order valence-corrected chi connectivity index (χ1v) is 19.3. The van der Waals surface area contributed by atoms with E-state index in [1.165, 1.54) is 21.3 Å². The van der Waals surface area contributed by atoms with E-state index in [2.05, 4.69) is 33.9 Å². The largest absolute Gasteiger partial charge is 0.455 e. The van der Waals surface area contributed by atoms with Gasteiger partial charge in [-0.3, -0.25) is 18.8 Å². The second-order valence-electron chi connectivity index (χ2n) is 14.1. The van der Waals surface area contributed by atoms with Crippen molar-refractivity contribution in [2.45, 2.75) is 77.7 Å².